The summed E-state index contributed by atoms with van der Waals surface area (Å²) in [4.78, 5) is 43.0. The Morgan fingerprint density at radius 1 is 0.756 bits per heavy atom. The first kappa shape index (κ1) is 33.0. The zero-order valence-corrected chi connectivity index (χ0v) is 26.4. The number of aromatic hydroxyl groups is 1. The van der Waals surface area contributed by atoms with Crippen LogP contribution in [0, 0.1) is 6.92 Å². The lowest BCUT2D eigenvalue weighted by Gasteiger charge is -2.28. The van der Waals surface area contributed by atoms with Gasteiger partial charge in [0.15, 0.2) is 0 Å². The second-order valence-electron chi connectivity index (χ2n) is 12.8. The minimum absolute atomic E-state index is 0.235. The lowest BCUT2D eigenvalue weighted by Crippen LogP contribution is -2.17. The Labute approximate surface area is 263 Å². The van der Waals surface area contributed by atoms with Crippen molar-refractivity contribution in [1.29, 1.82) is 0 Å². The van der Waals surface area contributed by atoms with Crippen LogP contribution in [-0.4, -0.2) is 38.1 Å². The van der Waals surface area contributed by atoms with Crippen molar-refractivity contribution in [3.63, 3.8) is 0 Å². The van der Waals surface area contributed by atoms with Crippen molar-refractivity contribution in [3.8, 4) is 51.2 Å². The normalized spacial score (nSPS) is 11.7. The van der Waals surface area contributed by atoms with Crippen molar-refractivity contribution in [2.75, 3.05) is 0 Å². The summed E-state index contributed by atoms with van der Waals surface area (Å²) in [7, 11) is 0. The van der Waals surface area contributed by atoms with E-state index in [4.69, 9.17) is 26.5 Å². The van der Waals surface area contributed by atoms with E-state index in [0.29, 0.717) is 23.0 Å². The van der Waals surface area contributed by atoms with Gasteiger partial charge in [-0.15, -0.1) is 0 Å². The summed E-state index contributed by atoms with van der Waals surface area (Å²) in [5.41, 5.74) is 4.51. The third-order valence-electron chi connectivity index (χ3n) is 7.15. The van der Waals surface area contributed by atoms with E-state index in [0.717, 1.165) is 27.8 Å². The number of imidazole rings is 1. The molecule has 9 nitrogen and oxygen atoms in total. The average Bonchev–Trinajstić information content (AvgIpc) is 3.41. The van der Waals surface area contributed by atoms with E-state index in [1.165, 1.54) is 0 Å². The Hall–Kier alpha value is -4.92. The number of aromatic nitrogens is 2. The third kappa shape index (κ3) is 7.98. The van der Waals surface area contributed by atoms with Gasteiger partial charge in [0, 0.05) is 34.2 Å². The summed E-state index contributed by atoms with van der Waals surface area (Å²) < 4.78 is 10.5. The van der Waals surface area contributed by atoms with Crippen molar-refractivity contribution >= 4 is 17.9 Å². The number of phenolic OH excluding ortho intramolecular Hbond substituents is 1. The van der Waals surface area contributed by atoms with Crippen molar-refractivity contribution < 1.29 is 34.1 Å². The molecule has 0 aliphatic carbocycles. The highest BCUT2D eigenvalue weighted by molar-refractivity contribution is 5.83. The summed E-state index contributed by atoms with van der Waals surface area (Å²) in [6.45, 7) is 17.7. The molecular formula is C36H38N2O7. The average molecular weight is 611 g/mol. The molecule has 3 aromatic carbocycles. The maximum absolute atomic E-state index is 12.0. The molecule has 0 saturated carbocycles. The van der Waals surface area contributed by atoms with Crippen LogP contribution in [0.25, 0.3) is 33.9 Å². The van der Waals surface area contributed by atoms with Crippen molar-refractivity contribution in [3.05, 3.63) is 78.7 Å². The Kier molecular flexibility index (Phi) is 9.51. The number of hydrogen-bond donors (Lipinski definition) is 3. The molecule has 0 saturated heterocycles. The first-order valence-electron chi connectivity index (χ1n) is 14.6. The molecule has 0 atom stereocenters. The van der Waals surface area contributed by atoms with Crippen LogP contribution in [0.5, 0.6) is 17.2 Å². The highest BCUT2D eigenvalue weighted by Crippen LogP contribution is 2.43. The highest BCUT2D eigenvalue weighted by atomic mass is 16.5. The van der Waals surface area contributed by atoms with Gasteiger partial charge in [-0.3, -0.25) is 14.4 Å². The lowest BCUT2D eigenvalue weighted by molar-refractivity contribution is -0.142. The molecule has 4 aromatic rings. The second-order valence-corrected chi connectivity index (χ2v) is 12.8. The summed E-state index contributed by atoms with van der Waals surface area (Å²) in [6, 6.07) is 17.6. The van der Waals surface area contributed by atoms with E-state index in [1.807, 2.05) is 53.7 Å². The smallest absolute Gasteiger partial charge is 0.311 e. The molecule has 0 unspecified atom stereocenters. The lowest BCUT2D eigenvalue weighted by atomic mass is 9.78. The fourth-order valence-corrected chi connectivity index (χ4v) is 4.78. The van der Waals surface area contributed by atoms with Gasteiger partial charge in [-0.25, -0.2) is 4.98 Å². The molecule has 4 rings (SSSR count). The van der Waals surface area contributed by atoms with Crippen LogP contribution in [0.2, 0.25) is 0 Å². The summed E-state index contributed by atoms with van der Waals surface area (Å²) in [5, 5.41) is 20.1. The van der Waals surface area contributed by atoms with Crippen LogP contribution in [0.1, 0.15) is 71.9 Å². The first-order chi connectivity index (χ1) is 21.1. The van der Waals surface area contributed by atoms with E-state index in [2.05, 4.69) is 4.98 Å². The van der Waals surface area contributed by atoms with Gasteiger partial charge in [-0.1, -0.05) is 41.5 Å². The fraction of sp³-hybridized carbons (Fsp3) is 0.306. The number of benzene rings is 3. The molecular weight excluding hydrogens is 572 g/mol. The van der Waals surface area contributed by atoms with Gasteiger partial charge < -0.3 is 24.7 Å². The number of nitrogens with one attached hydrogen (secondary N) is 1. The summed E-state index contributed by atoms with van der Waals surface area (Å²) >= 11 is 0. The molecule has 0 aliphatic heterocycles. The molecule has 0 spiro atoms. The van der Waals surface area contributed by atoms with Crippen LogP contribution in [0.4, 0.5) is 0 Å². The largest absolute Gasteiger partial charge is 0.507 e. The van der Waals surface area contributed by atoms with Gasteiger partial charge in [0.05, 0.1) is 24.2 Å². The number of carboxylic acids is 1. The zero-order valence-electron chi connectivity index (χ0n) is 26.4. The number of phenols is 1. The number of esters is 2. The number of nitrogens with zero attached hydrogens (tertiary/aromatic N) is 1. The van der Waals surface area contributed by atoms with Crippen LogP contribution < -0.4 is 9.47 Å². The Morgan fingerprint density at radius 3 is 1.71 bits per heavy atom. The first-order valence-corrected chi connectivity index (χ1v) is 14.6. The summed E-state index contributed by atoms with van der Waals surface area (Å²) in [6.07, 6.45) is -0.785. The van der Waals surface area contributed by atoms with Crippen molar-refractivity contribution in [2.45, 2.75) is 71.6 Å². The van der Waals surface area contributed by atoms with E-state index >= 15 is 0 Å². The molecule has 3 N–H and O–H groups in total. The van der Waals surface area contributed by atoms with E-state index < -0.39 is 17.9 Å². The van der Waals surface area contributed by atoms with Gasteiger partial charge >= 0.3 is 17.9 Å². The molecule has 9 heteroatoms. The molecule has 2 radical (unpaired) electrons. The Bertz CT molecular complexity index is 1670. The monoisotopic (exact) mass is 610 g/mol. The number of ether oxygens (including phenoxy) is 2. The van der Waals surface area contributed by atoms with E-state index in [1.54, 1.807) is 48.5 Å². The van der Waals surface area contributed by atoms with E-state index in [9.17, 15) is 19.5 Å². The van der Waals surface area contributed by atoms with Gasteiger partial charge in [-0.2, -0.15) is 0 Å². The quantitative estimate of drug-likeness (QED) is 0.131. The predicted molar refractivity (Wildman–Crippen MR) is 171 cm³/mol. The number of H-pyrrole nitrogens is 1. The standard InChI is InChI=1S/C36H38N2O7/c1-8-29(41)44-24-13-9-21(10-14-24)31-32(22-11-15-25(16-12-22)45-30(42)18-17-28(39)40)38-34(37-31)23-19-26(35(2,3)4)33(43)27(20-23)36(5,6)7/h1,9-16,19-20,43H,8,17-18H2,2-7H3,(H,37,38)(H,39,40). The topological polar surface area (TPSA) is 139 Å². The minimum Gasteiger partial charge on any atom is -0.507 e. The summed E-state index contributed by atoms with van der Waals surface area (Å²) in [5.74, 6) is -0.782. The van der Waals surface area contributed by atoms with Crippen LogP contribution >= 0.6 is 0 Å². The fourth-order valence-electron chi connectivity index (χ4n) is 4.78. The van der Waals surface area contributed by atoms with Gasteiger partial charge in [-0.05, 0) is 78.4 Å². The molecule has 0 aliphatic rings. The minimum atomic E-state index is -1.08. The van der Waals surface area contributed by atoms with Gasteiger partial charge in [0.1, 0.15) is 23.1 Å². The number of carbonyl (C=O) groups excluding carboxylic acids is 2. The number of carbonyl (C=O) groups is 3. The molecule has 45 heavy (non-hydrogen) atoms. The van der Waals surface area contributed by atoms with Gasteiger partial charge in [0.2, 0.25) is 0 Å². The molecule has 1 heterocycles. The number of rotatable bonds is 9. The maximum atomic E-state index is 12.0. The number of hydrogen-bond acceptors (Lipinski definition) is 7. The third-order valence-corrected chi connectivity index (χ3v) is 7.15. The SMILES string of the molecule is [CH]CC(=O)Oc1ccc(-c2nc(-c3cc(C(C)(C)C)c(O)c(C(C)(C)C)c3)[nH]c2-c2ccc(OC(=O)CCC(=O)O)cc2)cc1. The molecule has 1 aromatic heterocycles. The second kappa shape index (κ2) is 13.0. The Morgan fingerprint density at radius 2 is 1.24 bits per heavy atom. The number of aromatic amines is 1. The van der Waals surface area contributed by atoms with Crippen LogP contribution in [0.3, 0.4) is 0 Å². The van der Waals surface area contributed by atoms with Crippen LogP contribution in [-0.2, 0) is 25.2 Å². The number of carboxylic acid groups (broad SMARTS) is 1. The van der Waals surface area contributed by atoms with E-state index in [-0.39, 0.29) is 41.6 Å². The van der Waals surface area contributed by atoms with Crippen molar-refractivity contribution in [2.24, 2.45) is 0 Å². The predicted octanol–water partition coefficient (Wildman–Crippen LogP) is 7.49. The maximum Gasteiger partial charge on any atom is 0.311 e. The number of aliphatic carboxylic acids is 1. The zero-order chi connectivity index (χ0) is 33.1. The van der Waals surface area contributed by atoms with Crippen molar-refractivity contribution in [1.82, 2.24) is 9.97 Å². The molecule has 0 amide bonds. The molecule has 0 bridgehead atoms. The van der Waals surface area contributed by atoms with Crippen LogP contribution in [0.15, 0.2) is 60.7 Å². The Balaban J connectivity index is 1.82. The molecule has 0 fully saturated rings. The highest BCUT2D eigenvalue weighted by Gasteiger charge is 2.28. The molecule has 234 valence electrons. The van der Waals surface area contributed by atoms with Gasteiger partial charge in [0.25, 0.3) is 0 Å².